The molecule has 1 unspecified atom stereocenters. The highest BCUT2D eigenvalue weighted by Gasteiger charge is 2.24. The van der Waals surface area contributed by atoms with Crippen molar-refractivity contribution in [2.45, 2.75) is 31.7 Å². The van der Waals surface area contributed by atoms with Crippen molar-refractivity contribution in [1.29, 1.82) is 0 Å². The van der Waals surface area contributed by atoms with Crippen LogP contribution in [0.25, 0.3) is 0 Å². The maximum Gasteiger partial charge on any atom is 0.262 e. The minimum Gasteiger partial charge on any atom is -0.497 e. The van der Waals surface area contributed by atoms with Crippen LogP contribution in [0.5, 0.6) is 11.5 Å². The first-order valence-electron chi connectivity index (χ1n) is 12.4. The van der Waals surface area contributed by atoms with Gasteiger partial charge >= 0.3 is 0 Å². The van der Waals surface area contributed by atoms with Crippen LogP contribution in [-0.4, -0.2) is 38.6 Å². The molecule has 2 N–H and O–H groups in total. The van der Waals surface area contributed by atoms with Gasteiger partial charge in [0, 0.05) is 30.4 Å². The van der Waals surface area contributed by atoms with Gasteiger partial charge < -0.3 is 25.0 Å². The van der Waals surface area contributed by atoms with Gasteiger partial charge in [-0.25, -0.2) is 0 Å². The van der Waals surface area contributed by atoms with E-state index in [0.717, 1.165) is 54.1 Å². The molecule has 2 aliphatic heterocycles. The van der Waals surface area contributed by atoms with E-state index < -0.39 is 0 Å². The number of rotatable bonds is 7. The molecule has 0 aliphatic carbocycles. The van der Waals surface area contributed by atoms with Crippen LogP contribution in [-0.2, 0) is 16.0 Å². The predicted molar refractivity (Wildman–Crippen MR) is 140 cm³/mol. The maximum absolute atomic E-state index is 13.3. The molecule has 7 heteroatoms. The number of amides is 2. The number of carbonyl (C=O) groups is 2. The number of benzene rings is 3. The second kappa shape index (κ2) is 10.7. The van der Waals surface area contributed by atoms with Crippen molar-refractivity contribution in [1.82, 2.24) is 5.32 Å². The molecular formula is C29H31N3O4. The molecule has 186 valence electrons. The van der Waals surface area contributed by atoms with Gasteiger partial charge in [0.1, 0.15) is 11.5 Å². The van der Waals surface area contributed by atoms with Crippen molar-refractivity contribution in [3.05, 3.63) is 83.4 Å². The summed E-state index contributed by atoms with van der Waals surface area (Å²) in [6.45, 7) is 1.96. The van der Waals surface area contributed by atoms with Gasteiger partial charge in [0.05, 0.1) is 25.3 Å². The molecule has 0 radical (unpaired) electrons. The summed E-state index contributed by atoms with van der Waals surface area (Å²) in [6.07, 6.45) is 3.74. The highest BCUT2D eigenvalue weighted by molar-refractivity contribution is 5.95. The van der Waals surface area contributed by atoms with Crippen molar-refractivity contribution in [3.8, 4) is 11.5 Å². The van der Waals surface area contributed by atoms with Crippen LogP contribution in [0.1, 0.15) is 42.0 Å². The first-order valence-corrected chi connectivity index (χ1v) is 12.4. The van der Waals surface area contributed by atoms with E-state index in [9.17, 15) is 9.59 Å². The number of hydrogen-bond acceptors (Lipinski definition) is 5. The zero-order valence-corrected chi connectivity index (χ0v) is 20.5. The normalized spacial score (nSPS) is 15.8. The van der Waals surface area contributed by atoms with E-state index in [1.54, 1.807) is 13.2 Å². The average Bonchev–Trinajstić information content (AvgIpc) is 2.92. The topological polar surface area (TPSA) is 79.9 Å². The van der Waals surface area contributed by atoms with Crippen molar-refractivity contribution < 1.29 is 19.1 Å². The molecule has 2 heterocycles. The smallest absolute Gasteiger partial charge is 0.262 e. The fourth-order valence-corrected chi connectivity index (χ4v) is 4.92. The number of anilines is 2. The first-order chi connectivity index (χ1) is 17.6. The summed E-state index contributed by atoms with van der Waals surface area (Å²) in [5.74, 6) is 1.12. The maximum atomic E-state index is 13.3. The number of piperidine rings is 1. The molecule has 0 aromatic heterocycles. The molecule has 2 aliphatic rings. The zero-order chi connectivity index (χ0) is 24.9. The van der Waals surface area contributed by atoms with Crippen LogP contribution in [0.2, 0.25) is 0 Å². The van der Waals surface area contributed by atoms with E-state index in [0.29, 0.717) is 11.4 Å². The summed E-state index contributed by atoms with van der Waals surface area (Å²) in [4.78, 5) is 27.3. The number of nitrogens with zero attached hydrogens (tertiary/aromatic N) is 1. The molecule has 36 heavy (non-hydrogen) atoms. The van der Waals surface area contributed by atoms with Crippen molar-refractivity contribution in [2.75, 3.05) is 37.0 Å². The van der Waals surface area contributed by atoms with E-state index in [-0.39, 0.29) is 30.9 Å². The molecule has 0 bridgehead atoms. The summed E-state index contributed by atoms with van der Waals surface area (Å²) in [6, 6.07) is 21.3. The summed E-state index contributed by atoms with van der Waals surface area (Å²) in [7, 11) is 1.68. The second-order valence-corrected chi connectivity index (χ2v) is 9.23. The fourth-order valence-electron chi connectivity index (χ4n) is 4.92. The summed E-state index contributed by atoms with van der Waals surface area (Å²) in [5, 5.41) is 6.07. The summed E-state index contributed by atoms with van der Waals surface area (Å²) in [5.41, 5.74) is 4.61. The molecule has 1 atom stereocenters. The van der Waals surface area contributed by atoms with Gasteiger partial charge in [-0.05, 0) is 48.6 Å². The lowest BCUT2D eigenvalue weighted by Crippen LogP contribution is -2.34. The van der Waals surface area contributed by atoms with Gasteiger partial charge in [-0.15, -0.1) is 0 Å². The lowest BCUT2D eigenvalue weighted by atomic mass is 9.95. The number of methoxy groups -OCH3 is 1. The summed E-state index contributed by atoms with van der Waals surface area (Å²) >= 11 is 0. The van der Waals surface area contributed by atoms with Gasteiger partial charge in [-0.3, -0.25) is 9.59 Å². The third-order valence-electron chi connectivity index (χ3n) is 6.73. The van der Waals surface area contributed by atoms with Crippen LogP contribution >= 0.6 is 0 Å². The Kier molecular flexibility index (Phi) is 7.07. The first kappa shape index (κ1) is 23.7. The van der Waals surface area contributed by atoms with Crippen LogP contribution in [0.4, 0.5) is 11.4 Å². The number of hydrogen-bond donors (Lipinski definition) is 2. The van der Waals surface area contributed by atoms with E-state index >= 15 is 0 Å². The third-order valence-corrected chi connectivity index (χ3v) is 6.73. The quantitative estimate of drug-likeness (QED) is 0.516. The molecule has 0 saturated carbocycles. The van der Waals surface area contributed by atoms with Crippen molar-refractivity contribution in [2.24, 2.45) is 0 Å². The average molecular weight is 486 g/mol. The molecular weight excluding hydrogens is 454 g/mol. The van der Waals surface area contributed by atoms with Gasteiger partial charge in [-0.2, -0.15) is 0 Å². The Hall–Kier alpha value is -4.00. The molecule has 3 aromatic rings. The number of ether oxygens (including phenoxy) is 2. The Bertz CT molecular complexity index is 1240. The summed E-state index contributed by atoms with van der Waals surface area (Å²) < 4.78 is 11.1. The molecule has 1 fully saturated rings. The minimum absolute atomic E-state index is 0.0184. The monoisotopic (exact) mass is 485 g/mol. The lowest BCUT2D eigenvalue weighted by molar-refractivity contribution is -0.121. The van der Waals surface area contributed by atoms with E-state index in [1.807, 2.05) is 48.5 Å². The molecule has 0 spiro atoms. The fraction of sp³-hybridized carbons (Fsp3) is 0.310. The zero-order valence-electron chi connectivity index (χ0n) is 20.5. The number of nitrogens with one attached hydrogen (secondary N) is 2. The van der Waals surface area contributed by atoms with Crippen LogP contribution in [0, 0.1) is 0 Å². The highest BCUT2D eigenvalue weighted by atomic mass is 16.5. The lowest BCUT2D eigenvalue weighted by Gasteiger charge is -2.33. The number of carbonyl (C=O) groups excluding carboxylic acids is 2. The van der Waals surface area contributed by atoms with Gasteiger partial charge in [-0.1, -0.05) is 42.5 Å². The standard InChI is InChI=1S/C29H31N3O4/c1-35-22-11-12-23(25(18-22)32-14-6-3-7-15-32)29(21-8-4-2-5-9-21)31-27(33)17-20-10-13-24-26(16-20)36-19-28(34)30-24/h2,4-5,8-13,16,18,29H,3,6-7,14-15,17,19H2,1H3,(H,30,34)(H,31,33). The Morgan fingerprint density at radius 3 is 2.64 bits per heavy atom. The Labute approximate surface area is 211 Å². The van der Waals surface area contributed by atoms with Gasteiger partial charge in [0.15, 0.2) is 6.61 Å². The van der Waals surface area contributed by atoms with E-state index in [1.165, 1.54) is 6.42 Å². The minimum atomic E-state index is -0.310. The molecule has 3 aromatic carbocycles. The Balaban J connectivity index is 1.43. The Morgan fingerprint density at radius 2 is 1.86 bits per heavy atom. The number of fused-ring (bicyclic) bond motifs is 1. The third kappa shape index (κ3) is 5.30. The van der Waals surface area contributed by atoms with Crippen LogP contribution in [0.3, 0.4) is 0 Å². The molecule has 5 rings (SSSR count). The largest absolute Gasteiger partial charge is 0.497 e. The molecule has 1 saturated heterocycles. The van der Waals surface area contributed by atoms with E-state index in [2.05, 4.69) is 27.7 Å². The molecule has 2 amide bonds. The van der Waals surface area contributed by atoms with Crippen LogP contribution in [0.15, 0.2) is 66.7 Å². The van der Waals surface area contributed by atoms with Gasteiger partial charge in [0.25, 0.3) is 5.91 Å². The molecule has 7 nitrogen and oxygen atoms in total. The highest BCUT2D eigenvalue weighted by Crippen LogP contribution is 2.35. The SMILES string of the molecule is COc1ccc(C(NC(=O)Cc2ccc3c(c2)OCC(=O)N3)c2ccccc2)c(N2CCCCC2)c1. The predicted octanol–water partition coefficient (Wildman–Crippen LogP) is 4.46. The van der Waals surface area contributed by atoms with Crippen molar-refractivity contribution in [3.63, 3.8) is 0 Å². The van der Waals surface area contributed by atoms with Crippen LogP contribution < -0.4 is 25.0 Å². The van der Waals surface area contributed by atoms with E-state index in [4.69, 9.17) is 9.47 Å². The van der Waals surface area contributed by atoms with Crippen molar-refractivity contribution >= 4 is 23.2 Å². The second-order valence-electron chi connectivity index (χ2n) is 9.23. The van der Waals surface area contributed by atoms with Gasteiger partial charge in [0.2, 0.25) is 5.91 Å². The Morgan fingerprint density at radius 1 is 1.06 bits per heavy atom.